The van der Waals surface area contributed by atoms with Crippen molar-refractivity contribution in [3.05, 3.63) is 65.7 Å². The first-order chi connectivity index (χ1) is 10.8. The Kier molecular flexibility index (Phi) is 3.90. The first-order valence-corrected chi connectivity index (χ1v) is 7.28. The van der Waals surface area contributed by atoms with Crippen LogP contribution in [-0.4, -0.2) is 16.1 Å². The van der Waals surface area contributed by atoms with Crippen molar-refractivity contribution < 1.29 is 4.79 Å². The largest absolute Gasteiger partial charge is 0.296 e. The first kappa shape index (κ1) is 13.9. The Labute approximate surface area is 130 Å². The Morgan fingerprint density at radius 1 is 1.05 bits per heavy atom. The smallest absolute Gasteiger partial charge is 0.257 e. The van der Waals surface area contributed by atoms with Crippen molar-refractivity contribution in [2.45, 2.75) is 0 Å². The van der Waals surface area contributed by atoms with Gasteiger partial charge in [0.25, 0.3) is 5.91 Å². The van der Waals surface area contributed by atoms with Gasteiger partial charge in [-0.2, -0.15) is 5.26 Å². The zero-order valence-electron chi connectivity index (χ0n) is 11.4. The number of rotatable bonds is 3. The molecule has 3 aromatic rings. The number of carbonyl (C=O) groups is 1. The zero-order chi connectivity index (χ0) is 15.4. The number of aromatic nitrogens is 2. The molecule has 1 heterocycles. The molecule has 5 nitrogen and oxygen atoms in total. The minimum absolute atomic E-state index is 0.278. The van der Waals surface area contributed by atoms with Crippen molar-refractivity contribution in [2.75, 3.05) is 5.32 Å². The predicted octanol–water partition coefficient (Wildman–Crippen LogP) is 3.33. The third-order valence-corrected chi connectivity index (χ3v) is 3.83. The Morgan fingerprint density at radius 2 is 1.77 bits per heavy atom. The van der Waals surface area contributed by atoms with Crippen LogP contribution < -0.4 is 5.32 Å². The van der Waals surface area contributed by atoms with Crippen molar-refractivity contribution in [1.29, 1.82) is 5.26 Å². The van der Waals surface area contributed by atoms with Crippen LogP contribution in [0, 0.1) is 11.3 Å². The number of nitrogens with one attached hydrogen (secondary N) is 1. The molecule has 0 fully saturated rings. The molecule has 1 amide bonds. The molecule has 0 atom stereocenters. The van der Waals surface area contributed by atoms with Crippen LogP contribution in [0.1, 0.15) is 15.9 Å². The van der Waals surface area contributed by atoms with Gasteiger partial charge in [0.1, 0.15) is 5.01 Å². The van der Waals surface area contributed by atoms with Crippen LogP contribution in [0.4, 0.5) is 5.13 Å². The topological polar surface area (TPSA) is 78.7 Å². The van der Waals surface area contributed by atoms with E-state index in [1.54, 1.807) is 24.3 Å². The molecule has 0 saturated heterocycles. The second kappa shape index (κ2) is 6.16. The SMILES string of the molecule is N#Cc1ccc(C(=O)Nc2nnc(-c3ccccc3)s2)cc1. The molecule has 6 heteroatoms. The molecule has 1 N–H and O–H groups in total. The number of benzene rings is 2. The monoisotopic (exact) mass is 306 g/mol. The number of anilines is 1. The lowest BCUT2D eigenvalue weighted by Crippen LogP contribution is -2.11. The lowest BCUT2D eigenvalue weighted by Gasteiger charge is -2.00. The number of hydrogen-bond donors (Lipinski definition) is 1. The Bertz CT molecular complexity index is 835. The van der Waals surface area contributed by atoms with E-state index < -0.39 is 0 Å². The summed E-state index contributed by atoms with van der Waals surface area (Å²) in [5.41, 5.74) is 1.94. The Balaban J connectivity index is 1.74. The number of amides is 1. The average Bonchev–Trinajstić information content (AvgIpc) is 3.04. The molecule has 0 aliphatic rings. The summed E-state index contributed by atoms with van der Waals surface area (Å²) in [5, 5.41) is 20.7. The van der Waals surface area contributed by atoms with Gasteiger partial charge in [-0.15, -0.1) is 10.2 Å². The van der Waals surface area contributed by atoms with Gasteiger partial charge in [0.05, 0.1) is 11.6 Å². The Morgan fingerprint density at radius 3 is 2.45 bits per heavy atom. The fraction of sp³-hybridized carbons (Fsp3) is 0. The average molecular weight is 306 g/mol. The molecule has 0 saturated carbocycles. The summed E-state index contributed by atoms with van der Waals surface area (Å²) in [6.45, 7) is 0. The fourth-order valence-corrected chi connectivity index (χ4v) is 2.58. The molecule has 0 aliphatic heterocycles. The third kappa shape index (κ3) is 3.00. The highest BCUT2D eigenvalue weighted by Crippen LogP contribution is 2.26. The van der Waals surface area contributed by atoms with E-state index in [9.17, 15) is 4.79 Å². The van der Waals surface area contributed by atoms with Gasteiger partial charge in [-0.1, -0.05) is 41.7 Å². The molecule has 22 heavy (non-hydrogen) atoms. The van der Waals surface area contributed by atoms with E-state index in [-0.39, 0.29) is 5.91 Å². The highest BCUT2D eigenvalue weighted by molar-refractivity contribution is 7.18. The number of nitriles is 1. The molecule has 0 spiro atoms. The van der Waals surface area contributed by atoms with Gasteiger partial charge in [0.2, 0.25) is 5.13 Å². The number of carbonyl (C=O) groups excluding carboxylic acids is 1. The van der Waals surface area contributed by atoms with Crippen molar-refractivity contribution in [2.24, 2.45) is 0 Å². The van der Waals surface area contributed by atoms with Crippen LogP contribution in [0.15, 0.2) is 54.6 Å². The van der Waals surface area contributed by atoms with Crippen molar-refractivity contribution in [3.8, 4) is 16.6 Å². The summed E-state index contributed by atoms with van der Waals surface area (Å²) in [4.78, 5) is 12.1. The highest BCUT2D eigenvalue weighted by atomic mass is 32.1. The summed E-state index contributed by atoms with van der Waals surface area (Å²) in [7, 11) is 0. The number of hydrogen-bond acceptors (Lipinski definition) is 5. The molecular weight excluding hydrogens is 296 g/mol. The van der Waals surface area contributed by atoms with Crippen molar-refractivity contribution >= 4 is 22.4 Å². The minimum Gasteiger partial charge on any atom is -0.296 e. The fourth-order valence-electron chi connectivity index (χ4n) is 1.84. The van der Waals surface area contributed by atoms with Gasteiger partial charge in [0.15, 0.2) is 0 Å². The van der Waals surface area contributed by atoms with Crippen molar-refractivity contribution in [1.82, 2.24) is 10.2 Å². The standard InChI is InChI=1S/C16H10N4OS/c17-10-11-6-8-12(9-7-11)14(21)18-16-20-19-15(22-16)13-4-2-1-3-5-13/h1-9H,(H,18,20,21). The second-order valence-electron chi connectivity index (χ2n) is 4.42. The van der Waals surface area contributed by atoms with Crippen LogP contribution in [0.2, 0.25) is 0 Å². The van der Waals surface area contributed by atoms with Gasteiger partial charge in [0, 0.05) is 11.1 Å². The maximum absolute atomic E-state index is 12.1. The molecule has 106 valence electrons. The van der Waals surface area contributed by atoms with Crippen molar-refractivity contribution in [3.63, 3.8) is 0 Å². The van der Waals surface area contributed by atoms with Gasteiger partial charge >= 0.3 is 0 Å². The van der Waals surface area contributed by atoms with Gasteiger partial charge in [-0.3, -0.25) is 10.1 Å². The third-order valence-electron chi connectivity index (χ3n) is 2.94. The number of nitrogens with zero attached hydrogens (tertiary/aromatic N) is 3. The second-order valence-corrected chi connectivity index (χ2v) is 5.40. The van der Waals surface area contributed by atoms with E-state index in [0.29, 0.717) is 16.3 Å². The molecular formula is C16H10N4OS. The van der Waals surface area contributed by atoms with Crippen LogP contribution in [0.3, 0.4) is 0 Å². The molecule has 0 radical (unpaired) electrons. The lowest BCUT2D eigenvalue weighted by molar-refractivity contribution is 0.102. The van der Waals surface area contributed by atoms with E-state index in [1.165, 1.54) is 11.3 Å². The lowest BCUT2D eigenvalue weighted by atomic mass is 10.1. The first-order valence-electron chi connectivity index (χ1n) is 6.47. The summed E-state index contributed by atoms with van der Waals surface area (Å²) >= 11 is 1.31. The summed E-state index contributed by atoms with van der Waals surface area (Å²) in [6, 6.07) is 18.1. The van der Waals surface area contributed by atoms with Gasteiger partial charge in [-0.05, 0) is 24.3 Å². The minimum atomic E-state index is -0.278. The summed E-state index contributed by atoms with van der Waals surface area (Å²) < 4.78 is 0. The van der Waals surface area contributed by atoms with E-state index in [4.69, 9.17) is 5.26 Å². The molecule has 0 aliphatic carbocycles. The summed E-state index contributed by atoms with van der Waals surface area (Å²) in [6.07, 6.45) is 0. The quantitative estimate of drug-likeness (QED) is 0.805. The molecule has 1 aromatic heterocycles. The van der Waals surface area contributed by atoms with Gasteiger partial charge in [-0.25, -0.2) is 0 Å². The predicted molar refractivity (Wildman–Crippen MR) is 84.5 cm³/mol. The van der Waals surface area contributed by atoms with Gasteiger partial charge < -0.3 is 0 Å². The van der Waals surface area contributed by atoms with Crippen LogP contribution >= 0.6 is 11.3 Å². The summed E-state index contributed by atoms with van der Waals surface area (Å²) in [5.74, 6) is -0.278. The molecule has 0 unspecified atom stereocenters. The van der Waals surface area contributed by atoms with Crippen LogP contribution in [0.5, 0.6) is 0 Å². The van der Waals surface area contributed by atoms with E-state index >= 15 is 0 Å². The molecule has 2 aromatic carbocycles. The maximum atomic E-state index is 12.1. The Hall–Kier alpha value is -3.04. The zero-order valence-corrected chi connectivity index (χ0v) is 12.2. The van der Waals surface area contributed by atoms with Crippen LogP contribution in [0.25, 0.3) is 10.6 Å². The van der Waals surface area contributed by atoms with E-state index in [1.807, 2.05) is 36.4 Å². The molecule has 0 bridgehead atoms. The van der Waals surface area contributed by atoms with E-state index in [2.05, 4.69) is 15.5 Å². The molecule has 3 rings (SSSR count). The normalized spacial score (nSPS) is 9.95. The van der Waals surface area contributed by atoms with Crippen LogP contribution in [-0.2, 0) is 0 Å². The maximum Gasteiger partial charge on any atom is 0.257 e. The highest BCUT2D eigenvalue weighted by Gasteiger charge is 2.11. The van der Waals surface area contributed by atoms with E-state index in [0.717, 1.165) is 10.6 Å².